The van der Waals surface area contributed by atoms with E-state index in [1.54, 1.807) is 58.3 Å². The molecule has 0 aliphatic carbocycles. The number of carbonyl (C=O) groups is 1. The SMILES string of the molecule is CCOC(=O)c1c(N)n(-c2c(C)ccc(O)c2C)c(=O)c2cc(C)c(Nc3ncc(C)cn3)nc12. The van der Waals surface area contributed by atoms with E-state index < -0.39 is 11.5 Å². The predicted molar refractivity (Wildman–Crippen MR) is 134 cm³/mol. The maximum absolute atomic E-state index is 13.7. The lowest BCUT2D eigenvalue weighted by Gasteiger charge is -2.20. The number of esters is 1. The van der Waals surface area contributed by atoms with E-state index in [0.29, 0.717) is 34.1 Å². The number of rotatable bonds is 5. The van der Waals surface area contributed by atoms with Crippen LogP contribution in [0.4, 0.5) is 17.6 Å². The number of nitrogens with one attached hydrogen (secondary N) is 1. The maximum atomic E-state index is 13.7. The molecule has 180 valence electrons. The number of phenolic OH excluding ortho intramolecular Hbond substituents is 1. The predicted octanol–water partition coefficient (Wildman–Crippen LogP) is 3.62. The normalized spacial score (nSPS) is 11.0. The molecule has 10 heteroatoms. The van der Waals surface area contributed by atoms with Crippen LogP contribution in [0, 0.1) is 27.7 Å². The van der Waals surface area contributed by atoms with Crippen molar-refractivity contribution in [3.05, 3.63) is 68.8 Å². The number of nitrogens with zero attached hydrogens (tertiary/aromatic N) is 4. The number of hydrogen-bond donors (Lipinski definition) is 3. The van der Waals surface area contributed by atoms with Gasteiger partial charge in [-0.3, -0.25) is 9.36 Å². The number of nitrogens with two attached hydrogens (primary N) is 1. The van der Waals surface area contributed by atoms with Gasteiger partial charge in [-0.2, -0.15) is 0 Å². The molecule has 0 unspecified atom stereocenters. The van der Waals surface area contributed by atoms with Crippen LogP contribution >= 0.6 is 0 Å². The summed E-state index contributed by atoms with van der Waals surface area (Å²) in [5, 5.41) is 13.5. The molecule has 0 saturated carbocycles. The molecule has 0 aliphatic heterocycles. The average Bonchev–Trinajstić information content (AvgIpc) is 2.81. The number of aromatic hydroxyl groups is 1. The Morgan fingerprint density at radius 1 is 1.14 bits per heavy atom. The van der Waals surface area contributed by atoms with Gasteiger partial charge in [-0.15, -0.1) is 0 Å². The number of pyridine rings is 2. The van der Waals surface area contributed by atoms with Crippen LogP contribution in [0.2, 0.25) is 0 Å². The fraction of sp³-hybridized carbons (Fsp3) is 0.240. The molecule has 4 N–H and O–H groups in total. The zero-order valence-corrected chi connectivity index (χ0v) is 20.1. The van der Waals surface area contributed by atoms with Crippen molar-refractivity contribution in [2.45, 2.75) is 34.6 Å². The molecule has 1 aromatic carbocycles. The standard InChI is InChI=1S/C25H26N6O4/c1-6-35-24(34)18-19-16(9-14(4)22(29-19)30-25-27-10-12(2)11-28-25)23(33)31(21(18)26)20-13(3)7-8-17(32)15(20)5/h7-11,32H,6,26H2,1-5H3,(H,27,28,29,30). The van der Waals surface area contributed by atoms with Gasteiger partial charge in [0.25, 0.3) is 5.56 Å². The molecule has 3 heterocycles. The summed E-state index contributed by atoms with van der Waals surface area (Å²) in [7, 11) is 0. The topological polar surface area (TPSA) is 145 Å². The summed E-state index contributed by atoms with van der Waals surface area (Å²) < 4.78 is 6.50. The van der Waals surface area contributed by atoms with Crippen molar-refractivity contribution >= 4 is 34.5 Å². The second kappa shape index (κ2) is 9.05. The first-order valence-electron chi connectivity index (χ1n) is 11.0. The van der Waals surface area contributed by atoms with Crippen molar-refractivity contribution in [2.24, 2.45) is 0 Å². The third kappa shape index (κ3) is 4.14. The summed E-state index contributed by atoms with van der Waals surface area (Å²) in [6.45, 7) is 8.90. The summed E-state index contributed by atoms with van der Waals surface area (Å²) in [5.41, 5.74) is 9.10. The van der Waals surface area contributed by atoms with E-state index in [1.165, 1.54) is 4.57 Å². The molecular formula is C25H26N6O4. The number of nitrogen functional groups attached to an aromatic ring is 1. The third-order valence-electron chi connectivity index (χ3n) is 5.70. The van der Waals surface area contributed by atoms with Crippen LogP contribution in [0.1, 0.15) is 39.5 Å². The van der Waals surface area contributed by atoms with Gasteiger partial charge in [-0.25, -0.2) is 19.7 Å². The summed E-state index contributed by atoms with van der Waals surface area (Å²) in [6.07, 6.45) is 3.32. The van der Waals surface area contributed by atoms with Crippen molar-refractivity contribution in [2.75, 3.05) is 17.7 Å². The summed E-state index contributed by atoms with van der Waals surface area (Å²) in [6, 6.07) is 4.85. The quantitative estimate of drug-likeness (QED) is 0.369. The van der Waals surface area contributed by atoms with Gasteiger partial charge >= 0.3 is 5.97 Å². The van der Waals surface area contributed by atoms with Crippen molar-refractivity contribution in [1.82, 2.24) is 19.5 Å². The van der Waals surface area contributed by atoms with Crippen LogP contribution in [0.25, 0.3) is 16.6 Å². The van der Waals surface area contributed by atoms with Crippen LogP contribution in [0.5, 0.6) is 5.75 Å². The molecule has 0 fully saturated rings. The Morgan fingerprint density at radius 2 is 1.83 bits per heavy atom. The van der Waals surface area contributed by atoms with Gasteiger partial charge < -0.3 is 20.9 Å². The zero-order chi connectivity index (χ0) is 25.4. The highest BCUT2D eigenvalue weighted by Gasteiger charge is 2.26. The van der Waals surface area contributed by atoms with E-state index in [9.17, 15) is 14.7 Å². The van der Waals surface area contributed by atoms with Crippen LogP contribution in [-0.2, 0) is 4.74 Å². The molecule has 0 spiro atoms. The number of fused-ring (bicyclic) bond motifs is 1. The first-order chi connectivity index (χ1) is 16.6. The van der Waals surface area contributed by atoms with E-state index in [0.717, 1.165) is 5.56 Å². The fourth-order valence-corrected chi connectivity index (χ4v) is 3.92. The zero-order valence-electron chi connectivity index (χ0n) is 20.1. The molecule has 0 saturated heterocycles. The summed E-state index contributed by atoms with van der Waals surface area (Å²) >= 11 is 0. The van der Waals surface area contributed by atoms with Gasteiger partial charge in [0.15, 0.2) is 0 Å². The Kier molecular flexibility index (Phi) is 6.12. The number of aromatic nitrogens is 4. The van der Waals surface area contributed by atoms with Crippen LogP contribution in [-0.4, -0.2) is 37.2 Å². The van der Waals surface area contributed by atoms with Gasteiger partial charge in [0.2, 0.25) is 5.95 Å². The maximum Gasteiger partial charge on any atom is 0.344 e. The summed E-state index contributed by atoms with van der Waals surface area (Å²) in [5.74, 6) is -0.162. The minimum Gasteiger partial charge on any atom is -0.508 e. The van der Waals surface area contributed by atoms with Crippen molar-refractivity contribution in [1.29, 1.82) is 0 Å². The minimum absolute atomic E-state index is 0.00151. The second-order valence-corrected chi connectivity index (χ2v) is 8.26. The molecule has 0 aliphatic rings. The van der Waals surface area contributed by atoms with Crippen LogP contribution in [0.3, 0.4) is 0 Å². The molecule has 10 nitrogen and oxygen atoms in total. The van der Waals surface area contributed by atoms with Gasteiger partial charge in [-0.1, -0.05) is 6.07 Å². The van der Waals surface area contributed by atoms with E-state index in [1.807, 2.05) is 6.92 Å². The number of anilines is 3. The smallest absolute Gasteiger partial charge is 0.344 e. The average molecular weight is 475 g/mol. The minimum atomic E-state index is -0.715. The van der Waals surface area contributed by atoms with Gasteiger partial charge in [0.05, 0.1) is 23.2 Å². The molecule has 0 amide bonds. The Hall–Kier alpha value is -4.47. The van der Waals surface area contributed by atoms with Gasteiger partial charge in [-0.05, 0) is 63.4 Å². The number of hydrogen-bond acceptors (Lipinski definition) is 9. The molecule has 4 aromatic rings. The largest absolute Gasteiger partial charge is 0.508 e. The molecular weight excluding hydrogens is 448 g/mol. The summed E-state index contributed by atoms with van der Waals surface area (Å²) in [4.78, 5) is 39.8. The molecule has 0 bridgehead atoms. The highest BCUT2D eigenvalue weighted by atomic mass is 16.5. The molecule has 35 heavy (non-hydrogen) atoms. The van der Waals surface area contributed by atoms with Crippen molar-refractivity contribution in [3.8, 4) is 11.4 Å². The van der Waals surface area contributed by atoms with E-state index in [2.05, 4.69) is 20.3 Å². The Labute approximate surface area is 201 Å². The highest BCUT2D eigenvalue weighted by molar-refractivity contribution is 6.07. The first-order valence-corrected chi connectivity index (χ1v) is 11.0. The number of ether oxygens (including phenoxy) is 1. The van der Waals surface area contributed by atoms with Gasteiger partial charge in [0.1, 0.15) is 22.9 Å². The van der Waals surface area contributed by atoms with Gasteiger partial charge in [0, 0.05) is 18.0 Å². The highest BCUT2D eigenvalue weighted by Crippen LogP contribution is 2.32. The molecule has 0 radical (unpaired) electrons. The molecule has 4 rings (SSSR count). The monoisotopic (exact) mass is 474 g/mol. The lowest BCUT2D eigenvalue weighted by molar-refractivity contribution is 0.0529. The molecule has 3 aromatic heterocycles. The second-order valence-electron chi connectivity index (χ2n) is 8.26. The lowest BCUT2D eigenvalue weighted by atomic mass is 10.0. The van der Waals surface area contributed by atoms with Crippen molar-refractivity contribution < 1.29 is 14.6 Å². The number of aryl methyl sites for hydroxylation is 3. The van der Waals surface area contributed by atoms with Crippen LogP contribution < -0.4 is 16.6 Å². The fourth-order valence-electron chi connectivity index (χ4n) is 3.92. The van der Waals surface area contributed by atoms with Crippen LogP contribution in [0.15, 0.2) is 35.4 Å². The number of benzene rings is 1. The lowest BCUT2D eigenvalue weighted by Crippen LogP contribution is -2.27. The number of phenols is 1. The Bertz CT molecular complexity index is 1530. The third-order valence-corrected chi connectivity index (χ3v) is 5.70. The molecule has 0 atom stereocenters. The Morgan fingerprint density at radius 3 is 2.49 bits per heavy atom. The Balaban J connectivity index is 2.05. The van der Waals surface area contributed by atoms with Crippen molar-refractivity contribution in [3.63, 3.8) is 0 Å². The van der Waals surface area contributed by atoms with E-state index in [-0.39, 0.29) is 34.6 Å². The van der Waals surface area contributed by atoms with E-state index >= 15 is 0 Å². The number of carbonyl (C=O) groups excluding carboxylic acids is 1. The van der Waals surface area contributed by atoms with E-state index in [4.69, 9.17) is 10.5 Å². The first kappa shape index (κ1) is 23.7.